The van der Waals surface area contributed by atoms with Crippen LogP contribution in [0, 0.1) is 5.41 Å². The molecule has 1 unspecified atom stereocenters. The quantitative estimate of drug-likeness (QED) is 0.903. The zero-order valence-electron chi connectivity index (χ0n) is 11.6. The third kappa shape index (κ3) is 3.55. The first-order chi connectivity index (χ1) is 8.82. The fourth-order valence-electron chi connectivity index (χ4n) is 2.53. The summed E-state index contributed by atoms with van der Waals surface area (Å²) in [6.45, 7) is 5.87. The van der Waals surface area contributed by atoms with Crippen molar-refractivity contribution in [2.24, 2.45) is 11.1 Å². The average Bonchev–Trinajstić information content (AvgIpc) is 2.71. The summed E-state index contributed by atoms with van der Waals surface area (Å²) in [5, 5.41) is 0. The fourth-order valence-corrected chi connectivity index (χ4v) is 3.16. The van der Waals surface area contributed by atoms with E-state index in [1.54, 1.807) is 12.1 Å². The van der Waals surface area contributed by atoms with Gasteiger partial charge >= 0.3 is 0 Å². The van der Waals surface area contributed by atoms with Crippen LogP contribution in [-0.4, -0.2) is 39.2 Å². The molecule has 0 radical (unpaired) electrons. The summed E-state index contributed by atoms with van der Waals surface area (Å²) in [5.41, 5.74) is 7.17. The Bertz CT molecular complexity index is 539. The summed E-state index contributed by atoms with van der Waals surface area (Å²) in [6.07, 6.45) is 2.36. The van der Waals surface area contributed by atoms with Crippen LogP contribution in [-0.2, 0) is 16.4 Å². The van der Waals surface area contributed by atoms with Gasteiger partial charge in [-0.2, -0.15) is 0 Å². The lowest BCUT2D eigenvalue weighted by atomic mass is 9.90. The highest BCUT2D eigenvalue weighted by Crippen LogP contribution is 2.29. The lowest BCUT2D eigenvalue weighted by Gasteiger charge is -2.22. The van der Waals surface area contributed by atoms with E-state index in [9.17, 15) is 8.42 Å². The second kappa shape index (κ2) is 5.23. The molecule has 2 rings (SSSR count). The Kier molecular flexibility index (Phi) is 3.99. The third-order valence-electron chi connectivity index (χ3n) is 3.89. The highest BCUT2D eigenvalue weighted by Gasteiger charge is 2.32. The molecule has 1 saturated heterocycles. The van der Waals surface area contributed by atoms with Gasteiger partial charge in [0.15, 0.2) is 9.84 Å². The third-order valence-corrected chi connectivity index (χ3v) is 5.02. The molecule has 0 amide bonds. The van der Waals surface area contributed by atoms with Crippen LogP contribution in [0.4, 0.5) is 0 Å². The summed E-state index contributed by atoms with van der Waals surface area (Å²) >= 11 is 0. The Hall–Kier alpha value is -0.910. The van der Waals surface area contributed by atoms with E-state index in [4.69, 9.17) is 5.73 Å². The first-order valence-corrected chi connectivity index (χ1v) is 8.43. The summed E-state index contributed by atoms with van der Waals surface area (Å²) in [4.78, 5) is 2.76. The van der Waals surface area contributed by atoms with Crippen molar-refractivity contribution in [2.45, 2.75) is 24.8 Å². The van der Waals surface area contributed by atoms with Crippen molar-refractivity contribution in [3.8, 4) is 0 Å². The van der Waals surface area contributed by atoms with E-state index >= 15 is 0 Å². The molecule has 0 aliphatic carbocycles. The Balaban J connectivity index is 2.02. The van der Waals surface area contributed by atoms with Crippen LogP contribution >= 0.6 is 0 Å². The maximum atomic E-state index is 11.4. The lowest BCUT2D eigenvalue weighted by Crippen LogP contribution is -2.31. The van der Waals surface area contributed by atoms with Crippen molar-refractivity contribution < 1.29 is 8.42 Å². The largest absolute Gasteiger partial charge is 0.330 e. The molecular formula is C14H22N2O2S. The lowest BCUT2D eigenvalue weighted by molar-refractivity contribution is 0.274. The van der Waals surface area contributed by atoms with Gasteiger partial charge in [0.05, 0.1) is 4.90 Å². The van der Waals surface area contributed by atoms with Gasteiger partial charge in [-0.25, -0.2) is 8.42 Å². The number of nitrogens with two attached hydrogens (primary N) is 1. The number of hydrogen-bond acceptors (Lipinski definition) is 4. The predicted octanol–water partition coefficient (Wildman–Crippen LogP) is 1.26. The molecule has 0 aromatic heterocycles. The molecule has 1 aromatic carbocycles. The molecule has 1 fully saturated rings. The standard InChI is InChI=1S/C14H22N2O2S/c1-14(10-15)7-8-16(11-14)9-12-3-5-13(6-4-12)19(2,17)18/h3-6H,7-11,15H2,1-2H3. The van der Waals surface area contributed by atoms with E-state index in [-0.39, 0.29) is 5.41 Å². The monoisotopic (exact) mass is 282 g/mol. The molecular weight excluding hydrogens is 260 g/mol. The van der Waals surface area contributed by atoms with Gasteiger partial charge in [-0.05, 0) is 42.6 Å². The highest BCUT2D eigenvalue weighted by molar-refractivity contribution is 7.90. The van der Waals surface area contributed by atoms with E-state index in [0.29, 0.717) is 4.90 Å². The minimum Gasteiger partial charge on any atom is -0.330 e. The normalized spacial score (nSPS) is 24.8. The second-order valence-corrected chi connectivity index (χ2v) is 7.91. The minimum absolute atomic E-state index is 0.229. The van der Waals surface area contributed by atoms with Crippen LogP contribution in [0.5, 0.6) is 0 Å². The van der Waals surface area contributed by atoms with E-state index in [1.165, 1.54) is 6.26 Å². The van der Waals surface area contributed by atoms with Gasteiger partial charge in [0, 0.05) is 19.3 Å². The Morgan fingerprint density at radius 2 is 1.95 bits per heavy atom. The van der Waals surface area contributed by atoms with Crippen LogP contribution in [0.3, 0.4) is 0 Å². The van der Waals surface area contributed by atoms with Crippen LogP contribution < -0.4 is 5.73 Å². The Morgan fingerprint density at radius 3 is 2.42 bits per heavy atom. The molecule has 0 saturated carbocycles. The van der Waals surface area contributed by atoms with Crippen molar-refractivity contribution in [3.05, 3.63) is 29.8 Å². The van der Waals surface area contributed by atoms with E-state index in [0.717, 1.165) is 38.2 Å². The van der Waals surface area contributed by atoms with Gasteiger partial charge in [-0.1, -0.05) is 19.1 Å². The van der Waals surface area contributed by atoms with Crippen LogP contribution in [0.15, 0.2) is 29.2 Å². The van der Waals surface area contributed by atoms with Crippen molar-refractivity contribution in [1.82, 2.24) is 4.90 Å². The molecule has 5 heteroatoms. The van der Waals surface area contributed by atoms with E-state index in [2.05, 4.69) is 11.8 Å². The zero-order chi connectivity index (χ0) is 14.1. The van der Waals surface area contributed by atoms with Crippen molar-refractivity contribution in [2.75, 3.05) is 25.9 Å². The summed E-state index contributed by atoms with van der Waals surface area (Å²) in [7, 11) is -3.10. The number of nitrogens with zero attached hydrogens (tertiary/aromatic N) is 1. The molecule has 1 heterocycles. The van der Waals surface area contributed by atoms with Gasteiger partial charge in [0.1, 0.15) is 0 Å². The van der Waals surface area contributed by atoms with Crippen LogP contribution in [0.2, 0.25) is 0 Å². The summed E-state index contributed by atoms with van der Waals surface area (Å²) in [6, 6.07) is 7.16. The molecule has 4 nitrogen and oxygen atoms in total. The first kappa shape index (κ1) is 14.5. The van der Waals surface area contributed by atoms with Gasteiger partial charge in [-0.15, -0.1) is 0 Å². The molecule has 2 N–H and O–H groups in total. The van der Waals surface area contributed by atoms with Gasteiger partial charge in [-0.3, -0.25) is 4.90 Å². The second-order valence-electron chi connectivity index (χ2n) is 5.89. The number of benzene rings is 1. The average molecular weight is 282 g/mol. The molecule has 0 bridgehead atoms. The maximum absolute atomic E-state index is 11.4. The smallest absolute Gasteiger partial charge is 0.175 e. The molecule has 1 aromatic rings. The Labute approximate surface area is 115 Å². The summed E-state index contributed by atoms with van der Waals surface area (Å²) in [5.74, 6) is 0. The van der Waals surface area contributed by atoms with E-state index in [1.807, 2.05) is 12.1 Å². The number of sulfone groups is 1. The van der Waals surface area contributed by atoms with Crippen molar-refractivity contribution >= 4 is 9.84 Å². The molecule has 19 heavy (non-hydrogen) atoms. The molecule has 1 aliphatic rings. The van der Waals surface area contributed by atoms with Crippen LogP contribution in [0.25, 0.3) is 0 Å². The van der Waals surface area contributed by atoms with Gasteiger partial charge in [0.25, 0.3) is 0 Å². The predicted molar refractivity (Wildman–Crippen MR) is 76.6 cm³/mol. The van der Waals surface area contributed by atoms with Crippen LogP contribution in [0.1, 0.15) is 18.9 Å². The minimum atomic E-state index is -3.10. The van der Waals surface area contributed by atoms with Crippen molar-refractivity contribution in [3.63, 3.8) is 0 Å². The highest BCUT2D eigenvalue weighted by atomic mass is 32.2. The van der Waals surface area contributed by atoms with Gasteiger partial charge < -0.3 is 5.73 Å². The molecule has 0 spiro atoms. The number of hydrogen-bond donors (Lipinski definition) is 1. The van der Waals surface area contributed by atoms with Gasteiger partial charge in [0.2, 0.25) is 0 Å². The zero-order valence-corrected chi connectivity index (χ0v) is 12.4. The topological polar surface area (TPSA) is 63.4 Å². The summed E-state index contributed by atoms with van der Waals surface area (Å²) < 4.78 is 22.8. The first-order valence-electron chi connectivity index (χ1n) is 6.54. The van der Waals surface area contributed by atoms with E-state index < -0.39 is 9.84 Å². The Morgan fingerprint density at radius 1 is 1.32 bits per heavy atom. The van der Waals surface area contributed by atoms with Crippen molar-refractivity contribution in [1.29, 1.82) is 0 Å². The number of likely N-dealkylation sites (tertiary alicyclic amines) is 1. The SMILES string of the molecule is CC1(CN)CCN(Cc2ccc(S(C)(=O)=O)cc2)C1. The molecule has 1 aliphatic heterocycles. The molecule has 1 atom stereocenters. The number of rotatable bonds is 4. The molecule has 106 valence electrons. The fraction of sp³-hybridized carbons (Fsp3) is 0.571. The maximum Gasteiger partial charge on any atom is 0.175 e.